The quantitative estimate of drug-likeness (QED) is 0.805. The second-order valence-electron chi connectivity index (χ2n) is 4.63. The highest BCUT2D eigenvalue weighted by Gasteiger charge is 2.27. The van der Waals surface area contributed by atoms with E-state index in [1.807, 2.05) is 18.2 Å². The summed E-state index contributed by atoms with van der Waals surface area (Å²) in [5.41, 5.74) is 0.00997. The Morgan fingerprint density at radius 3 is 2.44 bits per heavy atom. The van der Waals surface area contributed by atoms with Crippen molar-refractivity contribution in [2.75, 3.05) is 13.6 Å². The molecule has 0 spiro atoms. The van der Waals surface area contributed by atoms with Crippen LogP contribution in [0.2, 0.25) is 0 Å². The lowest BCUT2D eigenvalue weighted by atomic mass is 9.92. The summed E-state index contributed by atoms with van der Waals surface area (Å²) < 4.78 is 0.894. The third-order valence-electron chi connectivity index (χ3n) is 2.65. The molecule has 0 aliphatic rings. The number of rotatable bonds is 4. The van der Waals surface area contributed by atoms with Crippen LogP contribution in [0.5, 0.6) is 0 Å². The summed E-state index contributed by atoms with van der Waals surface area (Å²) in [7, 11) is 1.59. The first-order valence-electron chi connectivity index (χ1n) is 5.63. The van der Waals surface area contributed by atoms with E-state index >= 15 is 0 Å². The van der Waals surface area contributed by atoms with E-state index in [9.17, 15) is 9.59 Å². The number of carbonyl (C=O) groups excluding carboxylic acids is 2. The van der Waals surface area contributed by atoms with Crippen LogP contribution in [-0.2, 0) is 4.79 Å². The highest BCUT2D eigenvalue weighted by molar-refractivity contribution is 14.1. The van der Waals surface area contributed by atoms with Gasteiger partial charge in [0.05, 0.1) is 11.0 Å². The Bertz CT molecular complexity index is 458. The van der Waals surface area contributed by atoms with Crippen LogP contribution in [0.3, 0.4) is 0 Å². The minimum absolute atomic E-state index is 0.0921. The maximum atomic E-state index is 12.0. The van der Waals surface area contributed by atoms with Crippen LogP contribution < -0.4 is 10.6 Å². The summed E-state index contributed by atoms with van der Waals surface area (Å²) in [6.45, 7) is 3.89. The molecule has 0 heterocycles. The zero-order valence-electron chi connectivity index (χ0n) is 10.7. The molecule has 0 unspecified atom stereocenters. The van der Waals surface area contributed by atoms with Gasteiger partial charge in [-0.1, -0.05) is 12.1 Å². The van der Waals surface area contributed by atoms with Crippen LogP contribution in [0.4, 0.5) is 0 Å². The third kappa shape index (κ3) is 3.69. The highest BCUT2D eigenvalue weighted by Crippen LogP contribution is 2.15. The Morgan fingerprint density at radius 1 is 1.28 bits per heavy atom. The van der Waals surface area contributed by atoms with E-state index in [1.54, 1.807) is 27.0 Å². The van der Waals surface area contributed by atoms with E-state index in [4.69, 9.17) is 0 Å². The molecule has 2 amide bonds. The fraction of sp³-hybridized carbons (Fsp3) is 0.385. The minimum atomic E-state index is -0.620. The summed E-state index contributed by atoms with van der Waals surface area (Å²) in [4.78, 5) is 23.6. The van der Waals surface area contributed by atoms with E-state index in [0.29, 0.717) is 12.1 Å². The second kappa shape index (κ2) is 6.17. The number of nitrogens with one attached hydrogen (secondary N) is 2. The van der Waals surface area contributed by atoms with Gasteiger partial charge in [-0.3, -0.25) is 9.59 Å². The number of benzene rings is 1. The maximum Gasteiger partial charge on any atom is 0.252 e. The molecule has 0 fully saturated rings. The lowest BCUT2D eigenvalue weighted by molar-refractivity contribution is -0.128. The van der Waals surface area contributed by atoms with Crippen LogP contribution >= 0.6 is 22.6 Å². The zero-order valence-corrected chi connectivity index (χ0v) is 12.9. The van der Waals surface area contributed by atoms with Gasteiger partial charge in [-0.15, -0.1) is 0 Å². The van der Waals surface area contributed by atoms with Gasteiger partial charge in [0.1, 0.15) is 0 Å². The summed E-state index contributed by atoms with van der Waals surface area (Å²) in [6, 6.07) is 7.34. The van der Waals surface area contributed by atoms with Gasteiger partial charge in [0.2, 0.25) is 5.91 Å². The molecule has 0 bridgehead atoms. The van der Waals surface area contributed by atoms with Crippen molar-refractivity contribution < 1.29 is 9.59 Å². The number of halogens is 1. The topological polar surface area (TPSA) is 58.2 Å². The first-order valence-corrected chi connectivity index (χ1v) is 6.71. The fourth-order valence-corrected chi connectivity index (χ4v) is 2.09. The van der Waals surface area contributed by atoms with Gasteiger partial charge >= 0.3 is 0 Å². The van der Waals surface area contributed by atoms with Gasteiger partial charge in [-0.25, -0.2) is 0 Å². The van der Waals surface area contributed by atoms with Crippen LogP contribution in [0, 0.1) is 8.99 Å². The molecule has 1 aromatic rings. The van der Waals surface area contributed by atoms with E-state index < -0.39 is 5.41 Å². The van der Waals surface area contributed by atoms with Gasteiger partial charge in [0.15, 0.2) is 0 Å². The second-order valence-corrected chi connectivity index (χ2v) is 5.79. The van der Waals surface area contributed by atoms with Crippen molar-refractivity contribution in [3.63, 3.8) is 0 Å². The Balaban J connectivity index is 2.68. The van der Waals surface area contributed by atoms with Crippen molar-refractivity contribution in [2.45, 2.75) is 13.8 Å². The van der Waals surface area contributed by atoms with Crippen molar-refractivity contribution in [1.82, 2.24) is 10.6 Å². The first-order chi connectivity index (χ1) is 8.38. The van der Waals surface area contributed by atoms with Gasteiger partial charge in [-0.2, -0.15) is 0 Å². The summed E-state index contributed by atoms with van der Waals surface area (Å²) in [5.74, 6) is -0.248. The molecule has 0 saturated heterocycles. The highest BCUT2D eigenvalue weighted by atomic mass is 127. The first kappa shape index (κ1) is 14.9. The predicted molar refractivity (Wildman–Crippen MR) is 79.3 cm³/mol. The Hall–Kier alpha value is -1.11. The molecular formula is C13H17IN2O2. The van der Waals surface area contributed by atoms with Crippen molar-refractivity contribution in [2.24, 2.45) is 5.41 Å². The SMILES string of the molecule is CNC(=O)C(C)(C)CNC(=O)c1ccccc1I. The number of hydrogen-bond acceptors (Lipinski definition) is 2. The Morgan fingerprint density at radius 2 is 1.89 bits per heavy atom. The molecule has 0 saturated carbocycles. The van der Waals surface area contributed by atoms with Crippen molar-refractivity contribution in [1.29, 1.82) is 0 Å². The minimum Gasteiger partial charge on any atom is -0.359 e. The molecule has 4 nitrogen and oxygen atoms in total. The summed E-state index contributed by atoms with van der Waals surface area (Å²) in [6.07, 6.45) is 0. The smallest absolute Gasteiger partial charge is 0.252 e. The fourth-order valence-electron chi connectivity index (χ4n) is 1.46. The standard InChI is InChI=1S/C13H17IN2O2/c1-13(2,12(18)15-3)8-16-11(17)9-6-4-5-7-10(9)14/h4-7H,8H2,1-3H3,(H,15,18)(H,16,17). The molecule has 1 aromatic carbocycles. The average molecular weight is 360 g/mol. The third-order valence-corrected chi connectivity index (χ3v) is 3.59. The van der Waals surface area contributed by atoms with Gasteiger partial charge in [-0.05, 0) is 48.6 Å². The number of carbonyl (C=O) groups is 2. The zero-order chi connectivity index (χ0) is 13.8. The van der Waals surface area contributed by atoms with Gasteiger partial charge in [0, 0.05) is 17.2 Å². The molecule has 1 rings (SSSR count). The van der Waals surface area contributed by atoms with E-state index in [0.717, 1.165) is 3.57 Å². The van der Waals surface area contributed by atoms with Crippen molar-refractivity contribution in [3.05, 3.63) is 33.4 Å². The normalized spacial score (nSPS) is 10.9. The molecule has 0 aliphatic carbocycles. The van der Waals surface area contributed by atoms with Crippen molar-refractivity contribution >= 4 is 34.4 Å². The molecular weight excluding hydrogens is 343 g/mol. The monoisotopic (exact) mass is 360 g/mol. The lowest BCUT2D eigenvalue weighted by Gasteiger charge is -2.22. The van der Waals surface area contributed by atoms with Crippen molar-refractivity contribution in [3.8, 4) is 0 Å². The van der Waals surface area contributed by atoms with Crippen LogP contribution in [0.1, 0.15) is 24.2 Å². The predicted octanol–water partition coefficient (Wildman–Crippen LogP) is 1.79. The van der Waals surface area contributed by atoms with Crippen LogP contribution in [-0.4, -0.2) is 25.4 Å². The number of amides is 2. The average Bonchev–Trinajstić information content (AvgIpc) is 2.35. The van der Waals surface area contributed by atoms with Crippen LogP contribution in [0.25, 0.3) is 0 Å². The van der Waals surface area contributed by atoms with E-state index in [-0.39, 0.29) is 11.8 Å². The van der Waals surface area contributed by atoms with Gasteiger partial charge < -0.3 is 10.6 Å². The number of hydrogen-bond donors (Lipinski definition) is 2. The molecule has 2 N–H and O–H groups in total. The maximum absolute atomic E-state index is 12.0. The molecule has 18 heavy (non-hydrogen) atoms. The van der Waals surface area contributed by atoms with Gasteiger partial charge in [0.25, 0.3) is 5.91 Å². The van der Waals surface area contributed by atoms with Crippen LogP contribution in [0.15, 0.2) is 24.3 Å². The summed E-state index contributed by atoms with van der Waals surface area (Å²) in [5, 5.41) is 5.38. The van der Waals surface area contributed by atoms with E-state index in [2.05, 4.69) is 33.2 Å². The summed E-state index contributed by atoms with van der Waals surface area (Å²) >= 11 is 2.12. The largest absolute Gasteiger partial charge is 0.359 e. The Labute approximate surface area is 121 Å². The molecule has 5 heteroatoms. The van der Waals surface area contributed by atoms with E-state index in [1.165, 1.54) is 0 Å². The molecule has 98 valence electrons. The molecule has 0 aromatic heterocycles. The lowest BCUT2D eigenvalue weighted by Crippen LogP contribution is -2.43. The molecule has 0 aliphatic heterocycles. The Kier molecular flexibility index (Phi) is 5.13. The molecule has 0 radical (unpaired) electrons. The molecule has 0 atom stereocenters.